The molecule has 0 N–H and O–H groups in total. The third kappa shape index (κ3) is 4.01. The molecule has 5 heteroatoms. The number of allylic oxidation sites excluding steroid dienone is 1. The molecule has 1 aliphatic heterocycles. The van der Waals surface area contributed by atoms with Gasteiger partial charge in [0.25, 0.3) is 0 Å². The molecule has 25 heavy (non-hydrogen) atoms. The van der Waals surface area contributed by atoms with E-state index in [0.717, 1.165) is 17.7 Å². The zero-order valence-corrected chi connectivity index (χ0v) is 14.2. The molecule has 1 aliphatic rings. The average molecular weight is 334 g/mol. The van der Waals surface area contributed by atoms with Crippen LogP contribution in [0.2, 0.25) is 0 Å². The number of rotatable bonds is 6. The van der Waals surface area contributed by atoms with Crippen LogP contribution in [0, 0.1) is 0 Å². The molecule has 3 rings (SSSR count). The van der Waals surface area contributed by atoms with Crippen molar-refractivity contribution >= 4 is 5.91 Å². The lowest BCUT2D eigenvalue weighted by molar-refractivity contribution is -0.686. The van der Waals surface area contributed by atoms with Gasteiger partial charge in [-0.05, 0) is 23.4 Å². The Morgan fingerprint density at radius 2 is 1.68 bits per heavy atom. The number of hydrogen-bond donors (Lipinski definition) is 0. The van der Waals surface area contributed by atoms with E-state index in [9.17, 15) is 4.79 Å². The summed E-state index contributed by atoms with van der Waals surface area (Å²) in [6.45, 7) is 9.23. The van der Waals surface area contributed by atoms with Crippen LogP contribution in [0.25, 0.3) is 11.1 Å². The summed E-state index contributed by atoms with van der Waals surface area (Å²) >= 11 is 0. The zero-order valence-electron chi connectivity index (χ0n) is 14.2. The molecule has 0 fully saturated rings. The van der Waals surface area contributed by atoms with Gasteiger partial charge >= 0.3 is 5.91 Å². The molecule has 0 radical (unpaired) electrons. The third-order valence-corrected chi connectivity index (χ3v) is 4.07. The molecule has 5 nitrogen and oxygen atoms in total. The summed E-state index contributed by atoms with van der Waals surface area (Å²) in [4.78, 5) is 16.3. The van der Waals surface area contributed by atoms with Crippen LogP contribution in [0.15, 0.2) is 86.9 Å². The van der Waals surface area contributed by atoms with Crippen LogP contribution in [0.3, 0.4) is 0 Å². The fourth-order valence-corrected chi connectivity index (χ4v) is 2.67. The highest BCUT2D eigenvalue weighted by atomic mass is 16.2. The molecule has 0 spiro atoms. The van der Waals surface area contributed by atoms with Crippen molar-refractivity contribution in [3.8, 4) is 11.1 Å². The highest BCUT2D eigenvalue weighted by Gasteiger charge is 2.20. The van der Waals surface area contributed by atoms with Crippen LogP contribution < -0.4 is 9.13 Å². The lowest BCUT2D eigenvalue weighted by atomic mass is 10.1. The Balaban J connectivity index is 1.65. The van der Waals surface area contributed by atoms with Crippen LogP contribution in [-0.4, -0.2) is 28.9 Å². The molecule has 0 atom stereocenters. The molecule has 0 bridgehead atoms. The summed E-state index contributed by atoms with van der Waals surface area (Å²) in [7, 11) is 0. The minimum atomic E-state index is 0.0269. The lowest BCUT2D eigenvalue weighted by Crippen LogP contribution is -2.47. The molecule has 0 saturated heterocycles. The molecule has 3 heterocycles. The normalized spacial score (nSPS) is 13.1. The van der Waals surface area contributed by atoms with Crippen molar-refractivity contribution in [2.24, 2.45) is 0 Å². The van der Waals surface area contributed by atoms with Crippen LogP contribution in [0.1, 0.15) is 4.79 Å². The molecule has 0 saturated carbocycles. The van der Waals surface area contributed by atoms with Crippen molar-refractivity contribution in [2.75, 3.05) is 13.2 Å². The fourth-order valence-electron chi connectivity index (χ4n) is 2.67. The first-order valence-electron chi connectivity index (χ1n) is 8.15. The van der Waals surface area contributed by atoms with Gasteiger partial charge < -0.3 is 9.80 Å². The van der Waals surface area contributed by atoms with Crippen molar-refractivity contribution in [1.29, 1.82) is 0 Å². The van der Waals surface area contributed by atoms with Gasteiger partial charge in [0.2, 0.25) is 0 Å². The topological polar surface area (TPSA) is 31.3 Å². The van der Waals surface area contributed by atoms with Crippen LogP contribution in [-0.2, 0) is 6.54 Å². The summed E-state index contributed by atoms with van der Waals surface area (Å²) in [5, 5.41) is 0. The minimum absolute atomic E-state index is 0.0269. The van der Waals surface area contributed by atoms with Crippen molar-refractivity contribution in [3.63, 3.8) is 0 Å². The first-order chi connectivity index (χ1) is 12.2. The van der Waals surface area contributed by atoms with Crippen LogP contribution >= 0.6 is 0 Å². The van der Waals surface area contributed by atoms with Crippen molar-refractivity contribution in [1.82, 2.24) is 9.80 Å². The van der Waals surface area contributed by atoms with E-state index in [1.165, 1.54) is 0 Å². The molecule has 2 aromatic rings. The second kappa shape index (κ2) is 7.57. The van der Waals surface area contributed by atoms with Gasteiger partial charge in [-0.15, -0.1) is 4.57 Å². The van der Waals surface area contributed by atoms with Gasteiger partial charge in [-0.2, -0.15) is 0 Å². The van der Waals surface area contributed by atoms with Crippen LogP contribution in [0.5, 0.6) is 0 Å². The molecular formula is C20H22N4O+2. The maximum atomic E-state index is 12.4. The maximum Gasteiger partial charge on any atom is 0.411 e. The fraction of sp³-hybridized carbons (Fsp3) is 0.150. The van der Waals surface area contributed by atoms with Crippen molar-refractivity contribution in [2.45, 2.75) is 6.54 Å². The first kappa shape index (κ1) is 16.6. The number of nitrogens with zero attached hydrogens (tertiary/aromatic N) is 4. The van der Waals surface area contributed by atoms with E-state index in [1.807, 2.05) is 65.2 Å². The average Bonchev–Trinajstić information content (AvgIpc) is 3.10. The predicted molar refractivity (Wildman–Crippen MR) is 95.8 cm³/mol. The van der Waals surface area contributed by atoms with Gasteiger partial charge in [0.1, 0.15) is 6.54 Å². The Kier molecular flexibility index (Phi) is 5.04. The molecular weight excluding hydrogens is 312 g/mol. The highest BCUT2D eigenvalue weighted by molar-refractivity contribution is 5.70. The third-order valence-electron chi connectivity index (χ3n) is 4.07. The summed E-state index contributed by atoms with van der Waals surface area (Å²) in [6, 6.07) is 8.04. The smallest absolute Gasteiger partial charge is 0.345 e. The maximum absolute atomic E-state index is 12.4. The van der Waals surface area contributed by atoms with Crippen molar-refractivity contribution < 1.29 is 13.9 Å². The summed E-state index contributed by atoms with van der Waals surface area (Å²) in [5.74, 6) is 0.0269. The largest absolute Gasteiger partial charge is 0.411 e. The van der Waals surface area contributed by atoms with E-state index in [1.54, 1.807) is 10.8 Å². The van der Waals surface area contributed by atoms with Gasteiger partial charge in [0.05, 0.1) is 6.67 Å². The number of pyridine rings is 2. The van der Waals surface area contributed by atoms with Gasteiger partial charge in [-0.3, -0.25) is 0 Å². The standard InChI is InChI=1S/C20H22N4O/c1-3-9-22-10-5-18(6-11-22)19-7-12-24(13-8-19)20(25)16-23-15-14-21(4-2)17-23/h3-8,10-15H,1-2,9,16-17H2/q+2. The molecule has 0 aromatic carbocycles. The van der Waals surface area contributed by atoms with Gasteiger partial charge in [-0.1, -0.05) is 13.2 Å². The highest BCUT2D eigenvalue weighted by Crippen LogP contribution is 2.15. The Labute approximate surface area is 148 Å². The number of carbonyl (C=O) groups excluding carboxylic acids is 1. The number of carbonyl (C=O) groups is 1. The predicted octanol–water partition coefficient (Wildman–Crippen LogP) is 1.94. The monoisotopic (exact) mass is 334 g/mol. The second-order valence-corrected chi connectivity index (χ2v) is 5.84. The molecule has 0 unspecified atom stereocenters. The zero-order chi connectivity index (χ0) is 17.6. The Bertz CT molecular complexity index is 793. The Morgan fingerprint density at radius 1 is 1.04 bits per heavy atom. The van der Waals surface area contributed by atoms with E-state index in [4.69, 9.17) is 0 Å². The molecule has 0 amide bonds. The number of aromatic nitrogens is 2. The molecule has 2 aromatic heterocycles. The summed E-state index contributed by atoms with van der Waals surface area (Å²) in [5.41, 5.74) is 2.19. The Hall–Kier alpha value is -3.21. The first-order valence-corrected chi connectivity index (χ1v) is 8.15. The van der Waals surface area contributed by atoms with Gasteiger partial charge in [-0.25, -0.2) is 9.36 Å². The van der Waals surface area contributed by atoms with E-state index < -0.39 is 0 Å². The summed E-state index contributed by atoms with van der Waals surface area (Å²) in [6.07, 6.45) is 15.1. The molecule has 126 valence electrons. The molecule has 0 aliphatic carbocycles. The van der Waals surface area contributed by atoms with Gasteiger partial charge in [0, 0.05) is 36.7 Å². The SMILES string of the molecule is C=CC[n+]1ccc(-c2cc[n+](C(=O)CN3C=CN(C=C)C3)cc2)cc1. The van der Waals surface area contributed by atoms with Crippen molar-refractivity contribution in [3.05, 3.63) is 86.9 Å². The van der Waals surface area contributed by atoms with Crippen LogP contribution in [0.4, 0.5) is 0 Å². The van der Waals surface area contributed by atoms with E-state index in [0.29, 0.717) is 13.2 Å². The van der Waals surface area contributed by atoms with E-state index in [-0.39, 0.29) is 5.91 Å². The van der Waals surface area contributed by atoms with E-state index >= 15 is 0 Å². The summed E-state index contributed by atoms with van der Waals surface area (Å²) < 4.78 is 3.67. The number of hydrogen-bond acceptors (Lipinski definition) is 3. The quantitative estimate of drug-likeness (QED) is 0.598. The van der Waals surface area contributed by atoms with E-state index in [2.05, 4.69) is 29.9 Å². The van der Waals surface area contributed by atoms with Gasteiger partial charge in [0.15, 0.2) is 31.3 Å². The second-order valence-electron chi connectivity index (χ2n) is 5.84. The lowest BCUT2D eigenvalue weighted by Gasteiger charge is -2.15. The minimum Gasteiger partial charge on any atom is -0.345 e. The Morgan fingerprint density at radius 3 is 2.24 bits per heavy atom.